The van der Waals surface area contributed by atoms with Gasteiger partial charge in [0.25, 0.3) is 0 Å². The summed E-state index contributed by atoms with van der Waals surface area (Å²) in [6.07, 6.45) is 1.81. The van der Waals surface area contributed by atoms with Crippen molar-refractivity contribution in [2.24, 2.45) is 0 Å². The van der Waals surface area contributed by atoms with Crippen molar-refractivity contribution < 1.29 is 15.0 Å². The molecule has 0 spiro atoms. The first-order valence-corrected chi connectivity index (χ1v) is 10.6. The van der Waals surface area contributed by atoms with Gasteiger partial charge in [-0.2, -0.15) is 0 Å². The van der Waals surface area contributed by atoms with Crippen LogP contribution in [0.15, 0.2) is 72.9 Å². The molecule has 4 aromatic rings. The standard InChI is InChI=1S/C26H23ClN2O3/c1-16-19(8-6-9-20(16)25(30)31)17-11-13-18(14-12-17)29-15-23(26(2,3)32)28-24(29)21-7-4-5-10-22(21)27/h4-15,32H,1-3H3,(H,30,31). The van der Waals surface area contributed by atoms with Gasteiger partial charge in [0.1, 0.15) is 11.4 Å². The predicted molar refractivity (Wildman–Crippen MR) is 126 cm³/mol. The zero-order valence-corrected chi connectivity index (χ0v) is 18.8. The van der Waals surface area contributed by atoms with E-state index in [1.165, 1.54) is 0 Å². The number of carboxylic acids is 1. The monoisotopic (exact) mass is 446 g/mol. The third kappa shape index (κ3) is 4.05. The van der Waals surface area contributed by atoms with E-state index in [1.54, 1.807) is 32.0 Å². The second-order valence-corrected chi connectivity index (χ2v) is 8.60. The van der Waals surface area contributed by atoms with Gasteiger partial charge in [-0.25, -0.2) is 9.78 Å². The molecule has 6 heteroatoms. The summed E-state index contributed by atoms with van der Waals surface area (Å²) in [4.78, 5) is 16.2. The molecule has 0 bridgehead atoms. The summed E-state index contributed by atoms with van der Waals surface area (Å²) in [6, 6.07) is 20.5. The second kappa shape index (κ2) is 8.26. The summed E-state index contributed by atoms with van der Waals surface area (Å²) in [5, 5.41) is 20.5. The molecule has 0 amide bonds. The summed E-state index contributed by atoms with van der Waals surface area (Å²) in [6.45, 7) is 5.20. The van der Waals surface area contributed by atoms with Crippen LogP contribution in [-0.2, 0) is 5.60 Å². The topological polar surface area (TPSA) is 75.3 Å². The van der Waals surface area contributed by atoms with Gasteiger partial charge in [0.2, 0.25) is 0 Å². The first-order valence-electron chi connectivity index (χ1n) is 10.2. The number of aromatic carboxylic acids is 1. The van der Waals surface area contributed by atoms with Crippen molar-refractivity contribution in [3.05, 3.63) is 94.8 Å². The van der Waals surface area contributed by atoms with E-state index in [-0.39, 0.29) is 5.56 Å². The van der Waals surface area contributed by atoms with Crippen LogP contribution >= 0.6 is 11.6 Å². The maximum Gasteiger partial charge on any atom is 0.335 e. The molecule has 32 heavy (non-hydrogen) atoms. The fraction of sp³-hybridized carbons (Fsp3) is 0.154. The van der Waals surface area contributed by atoms with Crippen LogP contribution < -0.4 is 0 Å². The second-order valence-electron chi connectivity index (χ2n) is 8.19. The lowest BCUT2D eigenvalue weighted by Gasteiger charge is -2.13. The molecule has 0 unspecified atom stereocenters. The lowest BCUT2D eigenvalue weighted by molar-refractivity contribution is 0.0695. The molecule has 2 N–H and O–H groups in total. The number of benzene rings is 3. The lowest BCUT2D eigenvalue weighted by atomic mass is 9.96. The summed E-state index contributed by atoms with van der Waals surface area (Å²) in [5.41, 5.74) is 3.81. The number of carboxylic acid groups (broad SMARTS) is 1. The minimum absolute atomic E-state index is 0.289. The van der Waals surface area contributed by atoms with Gasteiger partial charge in [-0.15, -0.1) is 0 Å². The molecule has 0 radical (unpaired) electrons. The van der Waals surface area contributed by atoms with Crippen LogP contribution in [0.1, 0.15) is 35.5 Å². The first kappa shape index (κ1) is 21.8. The molecular weight excluding hydrogens is 424 g/mol. The molecule has 0 aliphatic heterocycles. The highest BCUT2D eigenvalue weighted by Crippen LogP contribution is 2.33. The third-order valence-electron chi connectivity index (χ3n) is 5.47. The number of carbonyl (C=O) groups is 1. The SMILES string of the molecule is Cc1c(C(=O)O)cccc1-c1ccc(-n2cc(C(C)(C)O)nc2-c2ccccc2Cl)cc1. The molecule has 1 heterocycles. The number of rotatable bonds is 5. The average Bonchev–Trinajstić information content (AvgIpc) is 3.20. The van der Waals surface area contributed by atoms with E-state index >= 15 is 0 Å². The van der Waals surface area contributed by atoms with Gasteiger partial charge in [0.15, 0.2) is 0 Å². The van der Waals surface area contributed by atoms with Gasteiger partial charge in [-0.05, 0) is 67.8 Å². The number of aliphatic hydroxyl groups is 1. The largest absolute Gasteiger partial charge is 0.478 e. The molecule has 1 aromatic heterocycles. The molecule has 0 saturated carbocycles. The summed E-state index contributed by atoms with van der Waals surface area (Å²) in [5.74, 6) is -0.313. The fourth-order valence-corrected chi connectivity index (χ4v) is 3.91. The highest BCUT2D eigenvalue weighted by molar-refractivity contribution is 6.33. The van der Waals surface area contributed by atoms with Crippen LogP contribution in [-0.4, -0.2) is 25.7 Å². The minimum atomic E-state index is -1.12. The predicted octanol–water partition coefficient (Wildman–Crippen LogP) is 6.09. The van der Waals surface area contributed by atoms with Crippen molar-refractivity contribution in [2.45, 2.75) is 26.4 Å². The van der Waals surface area contributed by atoms with Crippen LogP contribution in [0.25, 0.3) is 28.2 Å². The van der Waals surface area contributed by atoms with Crippen molar-refractivity contribution in [3.63, 3.8) is 0 Å². The van der Waals surface area contributed by atoms with Gasteiger partial charge < -0.3 is 10.2 Å². The zero-order valence-electron chi connectivity index (χ0n) is 18.0. The number of hydrogen-bond donors (Lipinski definition) is 2. The van der Waals surface area contributed by atoms with Crippen LogP contribution in [0.5, 0.6) is 0 Å². The third-order valence-corrected chi connectivity index (χ3v) is 5.80. The molecule has 162 valence electrons. The van der Waals surface area contributed by atoms with E-state index in [9.17, 15) is 15.0 Å². The van der Waals surface area contributed by atoms with E-state index in [0.29, 0.717) is 16.5 Å². The first-order chi connectivity index (χ1) is 15.2. The Morgan fingerprint density at radius 3 is 2.25 bits per heavy atom. The van der Waals surface area contributed by atoms with Gasteiger partial charge >= 0.3 is 5.97 Å². The number of halogens is 1. The lowest BCUT2D eigenvalue weighted by Crippen LogP contribution is -2.15. The molecule has 3 aromatic carbocycles. The Labute approximate surface area is 191 Å². The minimum Gasteiger partial charge on any atom is -0.478 e. The van der Waals surface area contributed by atoms with E-state index in [1.807, 2.05) is 66.2 Å². The van der Waals surface area contributed by atoms with E-state index in [0.717, 1.165) is 27.9 Å². The molecule has 4 rings (SSSR count). The van der Waals surface area contributed by atoms with Crippen LogP contribution in [0.3, 0.4) is 0 Å². The van der Waals surface area contributed by atoms with E-state index in [4.69, 9.17) is 11.6 Å². The van der Waals surface area contributed by atoms with Gasteiger partial charge in [0.05, 0.1) is 16.3 Å². The van der Waals surface area contributed by atoms with Crippen molar-refractivity contribution in [3.8, 4) is 28.2 Å². The summed E-state index contributed by atoms with van der Waals surface area (Å²) < 4.78 is 1.90. The van der Waals surface area contributed by atoms with Crippen molar-refractivity contribution >= 4 is 17.6 Å². The molecule has 0 saturated heterocycles. The van der Waals surface area contributed by atoms with E-state index < -0.39 is 11.6 Å². The fourth-order valence-electron chi connectivity index (χ4n) is 3.69. The number of nitrogens with zero attached hydrogens (tertiary/aromatic N) is 2. The van der Waals surface area contributed by atoms with Gasteiger partial charge in [0, 0.05) is 17.4 Å². The Bertz CT molecular complexity index is 1300. The average molecular weight is 447 g/mol. The number of aromatic nitrogens is 2. The Morgan fingerprint density at radius 2 is 1.62 bits per heavy atom. The smallest absolute Gasteiger partial charge is 0.335 e. The summed E-state index contributed by atoms with van der Waals surface area (Å²) >= 11 is 6.44. The number of imidazole rings is 1. The summed E-state index contributed by atoms with van der Waals surface area (Å²) in [7, 11) is 0. The van der Waals surface area contributed by atoms with Crippen LogP contribution in [0.4, 0.5) is 0 Å². The van der Waals surface area contributed by atoms with Crippen LogP contribution in [0.2, 0.25) is 5.02 Å². The van der Waals surface area contributed by atoms with Crippen molar-refractivity contribution in [2.75, 3.05) is 0 Å². The molecular formula is C26H23ClN2O3. The van der Waals surface area contributed by atoms with Crippen LogP contribution in [0, 0.1) is 6.92 Å². The molecule has 0 aliphatic rings. The van der Waals surface area contributed by atoms with Crippen molar-refractivity contribution in [1.82, 2.24) is 9.55 Å². The highest BCUT2D eigenvalue weighted by Gasteiger charge is 2.24. The quantitative estimate of drug-likeness (QED) is 0.388. The Kier molecular flexibility index (Phi) is 5.63. The maximum absolute atomic E-state index is 11.5. The normalized spacial score (nSPS) is 11.5. The Hall–Kier alpha value is -3.41. The molecule has 0 fully saturated rings. The molecule has 5 nitrogen and oxygen atoms in total. The van der Waals surface area contributed by atoms with E-state index in [2.05, 4.69) is 4.98 Å². The zero-order chi connectivity index (χ0) is 23.0. The van der Waals surface area contributed by atoms with Crippen molar-refractivity contribution in [1.29, 1.82) is 0 Å². The molecule has 0 atom stereocenters. The highest BCUT2D eigenvalue weighted by atomic mass is 35.5. The number of hydrogen-bond acceptors (Lipinski definition) is 3. The maximum atomic E-state index is 11.5. The van der Waals surface area contributed by atoms with Gasteiger partial charge in [-0.1, -0.05) is 48.0 Å². The molecule has 0 aliphatic carbocycles. The Balaban J connectivity index is 1.82. The Morgan fingerprint density at radius 1 is 0.969 bits per heavy atom. The van der Waals surface area contributed by atoms with Gasteiger partial charge in [-0.3, -0.25) is 4.57 Å².